The molecule has 0 saturated heterocycles. The van der Waals surface area contributed by atoms with Crippen LogP contribution in [0, 0.1) is 5.92 Å². The number of rotatable bonds is 5. The number of anilines is 1. The van der Waals surface area contributed by atoms with Gasteiger partial charge in [-0.25, -0.2) is 0 Å². The molecule has 90 valence electrons. The van der Waals surface area contributed by atoms with Crippen LogP contribution in [0.3, 0.4) is 0 Å². The predicted octanol–water partition coefficient (Wildman–Crippen LogP) is 2.12. The lowest BCUT2D eigenvalue weighted by Gasteiger charge is -2.02. The molecule has 0 atom stereocenters. The molecular weight excluding hydrogens is 216 g/mol. The topological polar surface area (TPSA) is 63.8 Å². The molecule has 2 aromatic heterocycles. The maximum atomic E-state index is 5.09. The Kier molecular flexibility index (Phi) is 3.69. The van der Waals surface area contributed by atoms with Crippen molar-refractivity contribution in [1.29, 1.82) is 0 Å². The van der Waals surface area contributed by atoms with Gasteiger partial charge in [-0.3, -0.25) is 4.98 Å². The molecule has 5 nitrogen and oxygen atoms in total. The maximum absolute atomic E-state index is 5.09. The summed E-state index contributed by atoms with van der Waals surface area (Å²) in [6, 6.07) is 4.37. The van der Waals surface area contributed by atoms with Gasteiger partial charge in [0.15, 0.2) is 5.82 Å². The number of hydrogen-bond donors (Lipinski definition) is 1. The van der Waals surface area contributed by atoms with Crippen molar-refractivity contribution in [3.63, 3.8) is 0 Å². The average molecular weight is 232 g/mol. The molecule has 2 aromatic rings. The number of nitrogens with one attached hydrogen (secondary N) is 1. The fourth-order valence-electron chi connectivity index (χ4n) is 1.37. The van der Waals surface area contributed by atoms with Crippen LogP contribution in [0.4, 0.5) is 6.01 Å². The normalized spacial score (nSPS) is 10.8. The van der Waals surface area contributed by atoms with E-state index in [0.29, 0.717) is 24.2 Å². The van der Waals surface area contributed by atoms with Gasteiger partial charge in [-0.1, -0.05) is 25.1 Å². The second kappa shape index (κ2) is 5.43. The van der Waals surface area contributed by atoms with E-state index in [0.717, 1.165) is 12.1 Å². The fraction of sp³-hybridized carbons (Fsp3) is 0.417. The highest BCUT2D eigenvalue weighted by atomic mass is 16.5. The van der Waals surface area contributed by atoms with Crippen molar-refractivity contribution in [2.75, 3.05) is 11.9 Å². The van der Waals surface area contributed by atoms with E-state index in [1.54, 1.807) is 12.4 Å². The first kappa shape index (κ1) is 11.6. The van der Waals surface area contributed by atoms with Gasteiger partial charge in [-0.2, -0.15) is 4.98 Å². The highest BCUT2D eigenvalue weighted by Crippen LogP contribution is 2.08. The second-order valence-corrected chi connectivity index (χ2v) is 4.33. The van der Waals surface area contributed by atoms with Gasteiger partial charge in [0.1, 0.15) is 0 Å². The molecule has 0 saturated carbocycles. The first-order valence-electron chi connectivity index (χ1n) is 5.69. The van der Waals surface area contributed by atoms with Crippen molar-refractivity contribution < 1.29 is 4.52 Å². The van der Waals surface area contributed by atoms with E-state index >= 15 is 0 Å². The molecule has 0 unspecified atom stereocenters. The summed E-state index contributed by atoms with van der Waals surface area (Å²) < 4.78 is 5.09. The monoisotopic (exact) mass is 232 g/mol. The minimum atomic E-state index is 0.484. The number of nitrogens with zero attached hydrogens (tertiary/aromatic N) is 3. The van der Waals surface area contributed by atoms with Crippen molar-refractivity contribution in [3.8, 4) is 0 Å². The van der Waals surface area contributed by atoms with Crippen LogP contribution in [-0.2, 0) is 6.42 Å². The van der Waals surface area contributed by atoms with Crippen LogP contribution in [0.2, 0.25) is 0 Å². The Balaban J connectivity index is 1.94. The molecule has 0 aliphatic carbocycles. The SMILES string of the molecule is CC(C)CNc1nc(Cc2cccnc2)no1. The molecule has 2 rings (SSSR count). The number of pyridine rings is 1. The van der Waals surface area contributed by atoms with Gasteiger partial charge in [0.2, 0.25) is 0 Å². The van der Waals surface area contributed by atoms with E-state index in [9.17, 15) is 0 Å². The molecule has 0 radical (unpaired) electrons. The largest absolute Gasteiger partial charge is 0.338 e. The second-order valence-electron chi connectivity index (χ2n) is 4.33. The summed E-state index contributed by atoms with van der Waals surface area (Å²) in [4.78, 5) is 8.31. The molecule has 0 aliphatic heterocycles. The number of hydrogen-bond acceptors (Lipinski definition) is 5. The highest BCUT2D eigenvalue weighted by Gasteiger charge is 2.06. The molecular formula is C12H16N4O. The Morgan fingerprint density at radius 2 is 2.29 bits per heavy atom. The first-order chi connectivity index (χ1) is 8.24. The van der Waals surface area contributed by atoms with Crippen LogP contribution in [0.5, 0.6) is 0 Å². The van der Waals surface area contributed by atoms with E-state index in [1.807, 2.05) is 12.1 Å². The first-order valence-corrected chi connectivity index (χ1v) is 5.69. The molecule has 2 heterocycles. The van der Waals surface area contributed by atoms with E-state index in [1.165, 1.54) is 0 Å². The van der Waals surface area contributed by atoms with Gasteiger partial charge in [0.05, 0.1) is 0 Å². The molecule has 0 amide bonds. The molecule has 0 spiro atoms. The van der Waals surface area contributed by atoms with E-state index < -0.39 is 0 Å². The van der Waals surface area contributed by atoms with Crippen molar-refractivity contribution in [2.45, 2.75) is 20.3 Å². The van der Waals surface area contributed by atoms with Crippen molar-refractivity contribution in [1.82, 2.24) is 15.1 Å². The third-order valence-corrected chi connectivity index (χ3v) is 2.21. The van der Waals surface area contributed by atoms with Crippen LogP contribution < -0.4 is 5.32 Å². The molecule has 0 fully saturated rings. The summed E-state index contributed by atoms with van der Waals surface area (Å²) in [5.74, 6) is 1.22. The summed E-state index contributed by atoms with van der Waals surface area (Å²) in [5.41, 5.74) is 1.07. The number of aromatic nitrogens is 3. The van der Waals surface area contributed by atoms with Gasteiger partial charge in [-0.15, -0.1) is 0 Å². The Bertz CT molecular complexity index is 453. The Labute approximate surface area is 100 Å². The summed E-state index contributed by atoms with van der Waals surface area (Å²) >= 11 is 0. The molecule has 5 heteroatoms. The lowest BCUT2D eigenvalue weighted by molar-refractivity contribution is 0.421. The molecule has 0 aromatic carbocycles. The zero-order valence-corrected chi connectivity index (χ0v) is 10.1. The third kappa shape index (κ3) is 3.55. The highest BCUT2D eigenvalue weighted by molar-refractivity contribution is 5.21. The quantitative estimate of drug-likeness (QED) is 0.855. The summed E-state index contributed by atoms with van der Waals surface area (Å²) in [5, 5.41) is 7.01. The van der Waals surface area contributed by atoms with Crippen LogP contribution in [0.1, 0.15) is 25.2 Å². The Morgan fingerprint density at radius 1 is 1.41 bits per heavy atom. The van der Waals surface area contributed by atoms with Crippen LogP contribution >= 0.6 is 0 Å². The summed E-state index contributed by atoms with van der Waals surface area (Å²) in [6.07, 6.45) is 4.19. The van der Waals surface area contributed by atoms with Gasteiger partial charge in [0, 0.05) is 25.4 Å². The van der Waals surface area contributed by atoms with Crippen molar-refractivity contribution in [3.05, 3.63) is 35.9 Å². The molecule has 1 N–H and O–H groups in total. The standard InChI is InChI=1S/C12H16N4O/c1-9(2)7-14-12-15-11(16-17-12)6-10-4-3-5-13-8-10/h3-5,8-9H,6-7H2,1-2H3,(H,14,15,16). The van der Waals surface area contributed by atoms with E-state index in [2.05, 4.69) is 34.3 Å². The average Bonchev–Trinajstić information content (AvgIpc) is 2.75. The molecule has 17 heavy (non-hydrogen) atoms. The van der Waals surface area contributed by atoms with Gasteiger partial charge in [0.25, 0.3) is 0 Å². The van der Waals surface area contributed by atoms with Crippen molar-refractivity contribution >= 4 is 6.01 Å². The predicted molar refractivity (Wildman–Crippen MR) is 64.7 cm³/mol. The minimum Gasteiger partial charge on any atom is -0.338 e. The maximum Gasteiger partial charge on any atom is 0.321 e. The Morgan fingerprint density at radius 3 is 3.00 bits per heavy atom. The van der Waals surface area contributed by atoms with Crippen molar-refractivity contribution in [2.24, 2.45) is 5.92 Å². The summed E-state index contributed by atoms with van der Waals surface area (Å²) in [7, 11) is 0. The van der Waals surface area contributed by atoms with Gasteiger partial charge < -0.3 is 9.84 Å². The van der Waals surface area contributed by atoms with Crippen LogP contribution in [0.25, 0.3) is 0 Å². The smallest absolute Gasteiger partial charge is 0.321 e. The zero-order chi connectivity index (χ0) is 12.1. The van der Waals surface area contributed by atoms with Crippen LogP contribution in [0.15, 0.2) is 29.0 Å². The van der Waals surface area contributed by atoms with E-state index in [-0.39, 0.29) is 0 Å². The zero-order valence-electron chi connectivity index (χ0n) is 10.1. The van der Waals surface area contributed by atoms with E-state index in [4.69, 9.17) is 4.52 Å². The van der Waals surface area contributed by atoms with Gasteiger partial charge in [-0.05, 0) is 17.5 Å². The minimum absolute atomic E-state index is 0.484. The molecule has 0 aliphatic rings. The van der Waals surface area contributed by atoms with Gasteiger partial charge >= 0.3 is 6.01 Å². The Hall–Kier alpha value is -1.91. The molecule has 0 bridgehead atoms. The third-order valence-electron chi connectivity index (χ3n) is 2.21. The summed E-state index contributed by atoms with van der Waals surface area (Å²) in [6.45, 7) is 5.08. The lowest BCUT2D eigenvalue weighted by atomic mass is 10.2. The lowest BCUT2D eigenvalue weighted by Crippen LogP contribution is -2.08. The van der Waals surface area contributed by atoms with Crippen LogP contribution in [-0.4, -0.2) is 21.7 Å². The fourth-order valence-corrected chi connectivity index (χ4v) is 1.37.